The molecule has 1 amide bonds. The first-order valence-corrected chi connectivity index (χ1v) is 9.44. The second-order valence-electron chi connectivity index (χ2n) is 4.67. The normalized spacial score (nSPS) is 21.1. The van der Waals surface area contributed by atoms with Gasteiger partial charge in [-0.05, 0) is 18.4 Å². The average molecular weight is 359 g/mol. The smallest absolute Gasteiger partial charge is 0.298 e. The molecular weight excluding hydrogens is 346 g/mol. The third-order valence-corrected chi connectivity index (χ3v) is 5.80. The number of nitrogens with zero attached hydrogens (tertiary/aromatic N) is 2. The van der Waals surface area contributed by atoms with E-state index in [0.717, 1.165) is 0 Å². The van der Waals surface area contributed by atoms with Gasteiger partial charge in [-0.1, -0.05) is 5.16 Å². The lowest BCUT2D eigenvalue weighted by Gasteiger charge is -2.05. The third kappa shape index (κ3) is 4.66. The summed E-state index contributed by atoms with van der Waals surface area (Å²) < 4.78 is 23.1. The summed E-state index contributed by atoms with van der Waals surface area (Å²) in [5.41, 5.74) is 0.473. The molecule has 0 radical (unpaired) electrons. The Morgan fingerprint density at radius 1 is 1.43 bits per heavy atom. The van der Waals surface area contributed by atoms with E-state index in [-0.39, 0.29) is 28.2 Å². The molecule has 0 bridgehead atoms. The summed E-state index contributed by atoms with van der Waals surface area (Å²) in [4.78, 5) is 26.2. The Morgan fingerprint density at radius 2 is 2.09 bits per heavy atom. The fourth-order valence-electron chi connectivity index (χ4n) is 1.90. The number of nitro benzene ring substituents is 1. The van der Waals surface area contributed by atoms with Crippen LogP contribution >= 0.6 is 11.8 Å². The molecule has 1 unspecified atom stereocenters. The quantitative estimate of drug-likeness (QED) is 0.492. The summed E-state index contributed by atoms with van der Waals surface area (Å²) in [7, 11) is -3.20. The molecule has 1 saturated heterocycles. The van der Waals surface area contributed by atoms with Crippen molar-refractivity contribution in [3.8, 4) is 0 Å². The molecule has 0 aliphatic carbocycles. The number of benzene rings is 1. The summed E-state index contributed by atoms with van der Waals surface area (Å²) in [6.45, 7) is 0. The number of oxime groups is 1. The van der Waals surface area contributed by atoms with Crippen LogP contribution < -0.4 is 5.32 Å². The highest BCUT2D eigenvalue weighted by atomic mass is 32.2. The standard InChI is InChI=1S/C12H13N3O6S2/c1-22-11-7-23(19,20)6-10(11)14-21-12(16)13-8-2-4-9(5-3-8)15(17)18/h2-5,11H,6-7H2,1H3,(H,13,16)/b14-10-. The van der Waals surface area contributed by atoms with E-state index in [9.17, 15) is 23.3 Å². The number of rotatable bonds is 4. The summed E-state index contributed by atoms with van der Waals surface area (Å²) in [6, 6.07) is 5.15. The fourth-order valence-corrected chi connectivity index (χ4v) is 5.05. The molecule has 0 spiro atoms. The lowest BCUT2D eigenvalue weighted by molar-refractivity contribution is -0.384. The van der Waals surface area contributed by atoms with Gasteiger partial charge in [0.05, 0.1) is 27.4 Å². The zero-order valence-corrected chi connectivity index (χ0v) is 13.6. The summed E-state index contributed by atoms with van der Waals surface area (Å²) in [5.74, 6) is -0.260. The molecule has 0 saturated carbocycles. The maximum absolute atomic E-state index is 11.6. The van der Waals surface area contributed by atoms with Crippen LogP contribution in [0.5, 0.6) is 0 Å². The highest BCUT2D eigenvalue weighted by Crippen LogP contribution is 2.21. The number of amides is 1. The number of carbonyl (C=O) groups is 1. The van der Waals surface area contributed by atoms with E-state index >= 15 is 0 Å². The van der Waals surface area contributed by atoms with Crippen molar-refractivity contribution in [2.24, 2.45) is 5.16 Å². The van der Waals surface area contributed by atoms with Crippen molar-refractivity contribution in [2.45, 2.75) is 5.25 Å². The molecule has 2 rings (SSSR count). The van der Waals surface area contributed by atoms with Gasteiger partial charge < -0.3 is 0 Å². The maximum atomic E-state index is 11.6. The van der Waals surface area contributed by atoms with Crippen LogP contribution in [0.25, 0.3) is 0 Å². The minimum atomic E-state index is -3.20. The number of non-ortho nitro benzene ring substituents is 1. The van der Waals surface area contributed by atoms with Crippen molar-refractivity contribution in [1.29, 1.82) is 0 Å². The van der Waals surface area contributed by atoms with E-state index in [1.807, 2.05) is 0 Å². The van der Waals surface area contributed by atoms with Crippen molar-refractivity contribution in [2.75, 3.05) is 23.1 Å². The van der Waals surface area contributed by atoms with E-state index in [2.05, 4.69) is 15.3 Å². The highest BCUT2D eigenvalue weighted by Gasteiger charge is 2.34. The Bertz CT molecular complexity index is 745. The Labute approximate surface area is 136 Å². The van der Waals surface area contributed by atoms with Gasteiger partial charge in [-0.3, -0.25) is 20.3 Å². The molecule has 11 heteroatoms. The van der Waals surface area contributed by atoms with Gasteiger partial charge in [0.25, 0.3) is 5.69 Å². The molecule has 1 fully saturated rings. The molecule has 1 aliphatic heterocycles. The van der Waals surface area contributed by atoms with Crippen LogP contribution in [0.1, 0.15) is 0 Å². The zero-order chi connectivity index (χ0) is 17.0. The Morgan fingerprint density at radius 3 is 2.65 bits per heavy atom. The summed E-state index contributed by atoms with van der Waals surface area (Å²) >= 11 is 1.32. The second kappa shape index (κ2) is 6.96. The maximum Gasteiger partial charge on any atom is 0.437 e. The van der Waals surface area contributed by atoms with E-state index < -0.39 is 20.9 Å². The van der Waals surface area contributed by atoms with Crippen LogP contribution in [-0.2, 0) is 14.7 Å². The van der Waals surface area contributed by atoms with Crippen LogP contribution in [0.3, 0.4) is 0 Å². The van der Waals surface area contributed by atoms with Crippen LogP contribution in [0.2, 0.25) is 0 Å². The Balaban J connectivity index is 1.97. The SMILES string of the molecule is CSC1CS(=O)(=O)C/C1=N/OC(=O)Nc1ccc([N+](=O)[O-])cc1. The van der Waals surface area contributed by atoms with Crippen LogP contribution in [0.15, 0.2) is 29.4 Å². The van der Waals surface area contributed by atoms with Gasteiger partial charge in [0.2, 0.25) is 0 Å². The summed E-state index contributed by atoms with van der Waals surface area (Å²) in [5, 5.41) is 16.1. The van der Waals surface area contributed by atoms with Crippen LogP contribution in [0, 0.1) is 10.1 Å². The van der Waals surface area contributed by atoms with Gasteiger partial charge in [-0.15, -0.1) is 0 Å². The summed E-state index contributed by atoms with van der Waals surface area (Å²) in [6.07, 6.45) is 0.841. The molecule has 9 nitrogen and oxygen atoms in total. The first-order valence-electron chi connectivity index (χ1n) is 6.33. The van der Waals surface area contributed by atoms with Crippen LogP contribution in [-0.4, -0.2) is 48.2 Å². The highest BCUT2D eigenvalue weighted by molar-refractivity contribution is 8.02. The molecular formula is C12H13N3O6S2. The predicted octanol–water partition coefficient (Wildman–Crippen LogP) is 1.66. The molecule has 1 aromatic rings. The van der Waals surface area contributed by atoms with E-state index in [1.165, 1.54) is 36.0 Å². The van der Waals surface area contributed by atoms with Gasteiger partial charge in [0.15, 0.2) is 9.84 Å². The van der Waals surface area contributed by atoms with Crippen molar-refractivity contribution in [3.05, 3.63) is 34.4 Å². The molecule has 0 aromatic heterocycles. The van der Waals surface area contributed by atoms with Gasteiger partial charge >= 0.3 is 6.09 Å². The monoisotopic (exact) mass is 359 g/mol. The number of hydrogen-bond donors (Lipinski definition) is 1. The Hall–Kier alpha value is -2.14. The van der Waals surface area contributed by atoms with Crippen molar-refractivity contribution >= 4 is 44.8 Å². The molecule has 1 atom stereocenters. The fraction of sp³-hybridized carbons (Fsp3) is 0.333. The van der Waals surface area contributed by atoms with Crippen molar-refractivity contribution < 1.29 is 23.0 Å². The van der Waals surface area contributed by atoms with Crippen molar-refractivity contribution in [1.82, 2.24) is 0 Å². The van der Waals surface area contributed by atoms with Crippen LogP contribution in [0.4, 0.5) is 16.2 Å². The molecule has 1 aromatic carbocycles. The molecule has 1 heterocycles. The molecule has 1 N–H and O–H groups in total. The predicted molar refractivity (Wildman–Crippen MR) is 86.6 cm³/mol. The number of carbonyl (C=O) groups excluding carboxylic acids is 1. The molecule has 124 valence electrons. The second-order valence-corrected chi connectivity index (χ2v) is 7.82. The number of thioether (sulfide) groups is 1. The first kappa shape index (κ1) is 17.2. The van der Waals surface area contributed by atoms with E-state index in [4.69, 9.17) is 0 Å². The Kier molecular flexibility index (Phi) is 5.21. The van der Waals surface area contributed by atoms with Gasteiger partial charge in [-0.25, -0.2) is 13.2 Å². The lowest BCUT2D eigenvalue weighted by Crippen LogP contribution is -2.17. The number of nitro groups is 1. The molecule has 23 heavy (non-hydrogen) atoms. The lowest BCUT2D eigenvalue weighted by atomic mass is 10.3. The largest absolute Gasteiger partial charge is 0.437 e. The first-order chi connectivity index (χ1) is 10.8. The number of anilines is 1. The van der Waals surface area contributed by atoms with E-state index in [0.29, 0.717) is 5.69 Å². The van der Waals surface area contributed by atoms with E-state index in [1.54, 1.807) is 6.26 Å². The van der Waals surface area contributed by atoms with Gasteiger partial charge in [-0.2, -0.15) is 11.8 Å². The van der Waals surface area contributed by atoms with Gasteiger partial charge in [0, 0.05) is 17.8 Å². The minimum absolute atomic E-state index is 0.0274. The van der Waals surface area contributed by atoms with Gasteiger partial charge in [0.1, 0.15) is 0 Å². The number of hydrogen-bond acceptors (Lipinski definition) is 8. The minimum Gasteiger partial charge on any atom is -0.298 e. The third-order valence-electron chi connectivity index (χ3n) is 3.00. The topological polar surface area (TPSA) is 128 Å². The average Bonchev–Trinajstić information content (AvgIpc) is 2.80. The number of sulfone groups is 1. The van der Waals surface area contributed by atoms with Crippen molar-refractivity contribution in [3.63, 3.8) is 0 Å². The molecule has 1 aliphatic rings. The zero-order valence-electron chi connectivity index (χ0n) is 12.0. The number of nitrogens with one attached hydrogen (secondary N) is 1.